The molecule has 0 radical (unpaired) electrons. The maximum absolute atomic E-state index is 5.72. The van der Waals surface area contributed by atoms with Crippen LogP contribution in [0.25, 0.3) is 0 Å². The predicted octanol–water partition coefficient (Wildman–Crippen LogP) is 4.14. The van der Waals surface area contributed by atoms with Gasteiger partial charge >= 0.3 is 0 Å². The first-order valence-electron chi connectivity index (χ1n) is 7.16. The van der Waals surface area contributed by atoms with E-state index in [1.807, 2.05) is 17.4 Å². The molecule has 0 aliphatic carbocycles. The third kappa shape index (κ3) is 2.74. The second kappa shape index (κ2) is 5.58. The van der Waals surface area contributed by atoms with E-state index in [0.29, 0.717) is 6.04 Å². The quantitative estimate of drug-likeness (QED) is 0.912. The van der Waals surface area contributed by atoms with E-state index >= 15 is 0 Å². The molecule has 0 saturated carbocycles. The van der Waals surface area contributed by atoms with Gasteiger partial charge in [-0.3, -0.25) is 0 Å². The third-order valence-corrected chi connectivity index (χ3v) is 5.17. The zero-order valence-electron chi connectivity index (χ0n) is 12.1. The van der Waals surface area contributed by atoms with Gasteiger partial charge in [-0.05, 0) is 17.5 Å². The van der Waals surface area contributed by atoms with Gasteiger partial charge in [0.15, 0.2) is 0 Å². The van der Waals surface area contributed by atoms with E-state index < -0.39 is 0 Å². The van der Waals surface area contributed by atoms with E-state index in [-0.39, 0.29) is 5.41 Å². The Balaban J connectivity index is 1.71. The average Bonchev–Trinajstić information content (AvgIpc) is 3.00. The van der Waals surface area contributed by atoms with E-state index in [1.54, 1.807) is 0 Å². The summed E-state index contributed by atoms with van der Waals surface area (Å²) in [6, 6.07) is 13.1. The molecule has 1 aromatic heterocycles. The predicted molar refractivity (Wildman–Crippen MR) is 84.6 cm³/mol. The Labute approximate surface area is 124 Å². The number of para-hydroxylation sites is 1. The Kier molecular flexibility index (Phi) is 3.81. The zero-order valence-corrected chi connectivity index (χ0v) is 12.9. The van der Waals surface area contributed by atoms with Crippen molar-refractivity contribution in [1.82, 2.24) is 5.32 Å². The highest BCUT2D eigenvalue weighted by Gasteiger charge is 2.26. The normalized spacial score (nSPS) is 18.4. The standard InChI is InChI=1S/C17H21NOS/c1-17(2,16-8-5-11-20-16)12-18-14-9-10-19-15-7-4-3-6-13(14)15/h3-8,11,14,18H,9-10,12H2,1-2H3. The molecule has 3 heteroatoms. The number of fused-ring (bicyclic) bond motifs is 1. The van der Waals surface area contributed by atoms with Crippen LogP contribution < -0.4 is 10.1 Å². The Hall–Kier alpha value is -1.32. The van der Waals surface area contributed by atoms with E-state index in [2.05, 4.69) is 54.9 Å². The molecular weight excluding hydrogens is 266 g/mol. The SMILES string of the molecule is CC(C)(CNC1CCOc2ccccc21)c1cccs1. The molecule has 0 fully saturated rings. The number of hydrogen-bond acceptors (Lipinski definition) is 3. The summed E-state index contributed by atoms with van der Waals surface area (Å²) < 4.78 is 5.72. The van der Waals surface area contributed by atoms with Gasteiger partial charge in [-0.2, -0.15) is 0 Å². The average molecular weight is 287 g/mol. The molecule has 2 aromatic rings. The first-order valence-corrected chi connectivity index (χ1v) is 8.04. The molecule has 2 heterocycles. The molecule has 1 aliphatic rings. The van der Waals surface area contributed by atoms with E-state index in [4.69, 9.17) is 4.74 Å². The van der Waals surface area contributed by atoms with Crippen LogP contribution in [0.3, 0.4) is 0 Å². The second-order valence-corrected chi connectivity index (χ2v) is 6.92. The van der Waals surface area contributed by atoms with Gasteiger partial charge in [0.25, 0.3) is 0 Å². The zero-order chi connectivity index (χ0) is 14.0. The fourth-order valence-electron chi connectivity index (χ4n) is 2.68. The van der Waals surface area contributed by atoms with Crippen LogP contribution in [0.2, 0.25) is 0 Å². The molecule has 0 saturated heterocycles. The Bertz CT molecular complexity index is 562. The minimum atomic E-state index is 0.168. The molecule has 1 atom stereocenters. The van der Waals surface area contributed by atoms with Crippen molar-refractivity contribution in [2.75, 3.05) is 13.2 Å². The first kappa shape index (κ1) is 13.7. The van der Waals surface area contributed by atoms with Crippen LogP contribution >= 0.6 is 11.3 Å². The summed E-state index contributed by atoms with van der Waals surface area (Å²) in [4.78, 5) is 1.44. The van der Waals surface area contributed by atoms with Crippen molar-refractivity contribution in [3.8, 4) is 5.75 Å². The van der Waals surface area contributed by atoms with Crippen LogP contribution in [-0.4, -0.2) is 13.2 Å². The topological polar surface area (TPSA) is 21.3 Å². The first-order chi connectivity index (χ1) is 9.67. The molecule has 1 unspecified atom stereocenters. The van der Waals surface area contributed by atoms with Gasteiger partial charge in [0.1, 0.15) is 5.75 Å². The Morgan fingerprint density at radius 3 is 2.90 bits per heavy atom. The van der Waals surface area contributed by atoms with Gasteiger partial charge in [0.05, 0.1) is 6.61 Å². The monoisotopic (exact) mass is 287 g/mol. The lowest BCUT2D eigenvalue weighted by Crippen LogP contribution is -2.36. The Morgan fingerprint density at radius 1 is 1.25 bits per heavy atom. The van der Waals surface area contributed by atoms with Gasteiger partial charge in [0.2, 0.25) is 0 Å². The molecule has 0 amide bonds. The van der Waals surface area contributed by atoms with Crippen LogP contribution in [0, 0.1) is 0 Å². The number of thiophene rings is 1. The molecule has 0 spiro atoms. The van der Waals surface area contributed by atoms with Gasteiger partial charge in [0, 0.05) is 34.9 Å². The van der Waals surface area contributed by atoms with Crippen LogP contribution in [0.15, 0.2) is 41.8 Å². The summed E-state index contributed by atoms with van der Waals surface area (Å²) >= 11 is 1.84. The molecular formula is C17H21NOS. The summed E-state index contributed by atoms with van der Waals surface area (Å²) in [5.74, 6) is 1.03. The van der Waals surface area contributed by atoms with Gasteiger partial charge in [-0.25, -0.2) is 0 Å². The number of benzene rings is 1. The molecule has 20 heavy (non-hydrogen) atoms. The van der Waals surface area contributed by atoms with Crippen LogP contribution in [0.1, 0.15) is 36.8 Å². The summed E-state index contributed by atoms with van der Waals surface area (Å²) in [6.07, 6.45) is 1.04. The third-order valence-electron chi connectivity index (χ3n) is 3.94. The summed E-state index contributed by atoms with van der Waals surface area (Å²) in [7, 11) is 0. The number of ether oxygens (including phenoxy) is 1. The van der Waals surface area contributed by atoms with E-state index in [9.17, 15) is 0 Å². The molecule has 1 aliphatic heterocycles. The molecule has 2 nitrogen and oxygen atoms in total. The number of rotatable bonds is 4. The van der Waals surface area contributed by atoms with Gasteiger partial charge < -0.3 is 10.1 Å². The van der Waals surface area contributed by atoms with E-state index in [1.165, 1.54) is 10.4 Å². The summed E-state index contributed by atoms with van der Waals surface area (Å²) in [6.45, 7) is 6.38. The lowest BCUT2D eigenvalue weighted by atomic mass is 9.90. The maximum Gasteiger partial charge on any atom is 0.124 e. The number of nitrogens with one attached hydrogen (secondary N) is 1. The maximum atomic E-state index is 5.72. The fraction of sp³-hybridized carbons (Fsp3) is 0.412. The minimum absolute atomic E-state index is 0.168. The van der Waals surface area contributed by atoms with Crippen LogP contribution in [0.4, 0.5) is 0 Å². The van der Waals surface area contributed by atoms with Crippen molar-refractivity contribution in [1.29, 1.82) is 0 Å². The molecule has 106 valence electrons. The highest BCUT2D eigenvalue weighted by Crippen LogP contribution is 2.33. The summed E-state index contributed by atoms with van der Waals surface area (Å²) in [5, 5.41) is 5.89. The highest BCUT2D eigenvalue weighted by molar-refractivity contribution is 7.10. The lowest BCUT2D eigenvalue weighted by molar-refractivity contribution is 0.247. The van der Waals surface area contributed by atoms with Gasteiger partial charge in [-0.1, -0.05) is 38.1 Å². The van der Waals surface area contributed by atoms with Crippen molar-refractivity contribution in [2.24, 2.45) is 0 Å². The largest absolute Gasteiger partial charge is 0.493 e. The fourth-order valence-corrected chi connectivity index (χ4v) is 3.54. The smallest absolute Gasteiger partial charge is 0.124 e. The second-order valence-electron chi connectivity index (χ2n) is 5.97. The van der Waals surface area contributed by atoms with Crippen LogP contribution in [0.5, 0.6) is 5.75 Å². The molecule has 1 N–H and O–H groups in total. The van der Waals surface area contributed by atoms with Gasteiger partial charge in [-0.15, -0.1) is 11.3 Å². The highest BCUT2D eigenvalue weighted by atomic mass is 32.1. The van der Waals surface area contributed by atoms with Crippen molar-refractivity contribution in [3.63, 3.8) is 0 Å². The van der Waals surface area contributed by atoms with Crippen molar-refractivity contribution in [2.45, 2.75) is 31.7 Å². The van der Waals surface area contributed by atoms with Crippen LogP contribution in [-0.2, 0) is 5.41 Å². The Morgan fingerprint density at radius 2 is 2.10 bits per heavy atom. The molecule has 0 bridgehead atoms. The summed E-state index contributed by atoms with van der Waals surface area (Å²) in [5.41, 5.74) is 1.46. The van der Waals surface area contributed by atoms with Crippen molar-refractivity contribution < 1.29 is 4.74 Å². The van der Waals surface area contributed by atoms with E-state index in [0.717, 1.165) is 25.3 Å². The lowest BCUT2D eigenvalue weighted by Gasteiger charge is -2.31. The minimum Gasteiger partial charge on any atom is -0.493 e. The number of hydrogen-bond donors (Lipinski definition) is 1. The molecule has 3 rings (SSSR count). The van der Waals surface area contributed by atoms with Crippen molar-refractivity contribution in [3.05, 3.63) is 52.2 Å². The molecule has 1 aromatic carbocycles. The van der Waals surface area contributed by atoms with Crippen molar-refractivity contribution >= 4 is 11.3 Å².